The predicted molar refractivity (Wildman–Crippen MR) is 239 cm³/mol. The molecule has 0 saturated heterocycles. The van der Waals surface area contributed by atoms with Crippen molar-refractivity contribution in [2.24, 2.45) is 0 Å². The van der Waals surface area contributed by atoms with Crippen LogP contribution in [-0.2, 0) is 0 Å². The van der Waals surface area contributed by atoms with Gasteiger partial charge in [0.2, 0.25) is 0 Å². The van der Waals surface area contributed by atoms with Gasteiger partial charge in [0.05, 0.1) is 11.0 Å². The van der Waals surface area contributed by atoms with Gasteiger partial charge in [-0.2, -0.15) is 0 Å². The summed E-state index contributed by atoms with van der Waals surface area (Å²) in [4.78, 5) is 2.38. The Kier molecular flexibility index (Phi) is 7.82. The fraction of sp³-hybridized carbons (Fsp3) is 0. The van der Waals surface area contributed by atoms with E-state index in [0.717, 1.165) is 61.3 Å². The number of benzene rings is 9. The minimum Gasteiger partial charge on any atom is -0.456 e. The van der Waals surface area contributed by atoms with Crippen molar-refractivity contribution >= 4 is 60.8 Å². The summed E-state index contributed by atoms with van der Waals surface area (Å²) in [6.07, 6.45) is 0. The minimum atomic E-state index is 0.898. The van der Waals surface area contributed by atoms with Crippen LogP contribution in [-0.4, -0.2) is 4.57 Å². The Bertz CT molecular complexity index is 3220. The molecule has 2 heterocycles. The maximum atomic E-state index is 6.26. The van der Waals surface area contributed by atoms with E-state index < -0.39 is 0 Å². The van der Waals surface area contributed by atoms with Crippen molar-refractivity contribution in [2.45, 2.75) is 0 Å². The molecule has 3 heteroatoms. The van der Waals surface area contributed by atoms with Crippen molar-refractivity contribution in [2.75, 3.05) is 4.90 Å². The molecule has 0 aliphatic heterocycles. The first-order valence-corrected chi connectivity index (χ1v) is 19.4. The molecule has 2 aromatic heterocycles. The topological polar surface area (TPSA) is 21.3 Å². The van der Waals surface area contributed by atoms with Crippen LogP contribution in [0.2, 0.25) is 0 Å². The Morgan fingerprint density at radius 2 is 0.912 bits per heavy atom. The summed E-state index contributed by atoms with van der Waals surface area (Å²) < 4.78 is 8.67. The molecule has 0 fully saturated rings. The van der Waals surface area contributed by atoms with Gasteiger partial charge in [0.15, 0.2) is 0 Å². The van der Waals surface area contributed by atoms with Gasteiger partial charge in [-0.15, -0.1) is 0 Å². The van der Waals surface area contributed by atoms with Crippen LogP contribution in [0.3, 0.4) is 0 Å². The van der Waals surface area contributed by atoms with Gasteiger partial charge in [0.25, 0.3) is 0 Å². The van der Waals surface area contributed by atoms with Gasteiger partial charge in [0.1, 0.15) is 11.2 Å². The van der Waals surface area contributed by atoms with Gasteiger partial charge in [0, 0.05) is 44.3 Å². The fourth-order valence-electron chi connectivity index (χ4n) is 8.52. The SMILES string of the molecule is c1ccc(-c2cccc(N(c3ccc(-c4ccc5c(c4)oc4ccccc45)cc3)c3ccc4c5c(-c6ccccc6)cccc5n(-c5ccccc5)c4c3)c2)cc1. The zero-order chi connectivity index (χ0) is 37.7. The number of fused-ring (bicyclic) bond motifs is 6. The lowest BCUT2D eigenvalue weighted by atomic mass is 9.99. The van der Waals surface area contributed by atoms with Gasteiger partial charge < -0.3 is 13.9 Å². The van der Waals surface area contributed by atoms with Gasteiger partial charge in [-0.25, -0.2) is 0 Å². The summed E-state index contributed by atoms with van der Waals surface area (Å²) in [6.45, 7) is 0. The lowest BCUT2D eigenvalue weighted by Crippen LogP contribution is -2.10. The molecule has 0 aliphatic rings. The van der Waals surface area contributed by atoms with Crippen LogP contribution < -0.4 is 4.90 Å². The van der Waals surface area contributed by atoms with Crippen LogP contribution in [0.15, 0.2) is 223 Å². The Morgan fingerprint density at radius 1 is 0.333 bits per heavy atom. The maximum Gasteiger partial charge on any atom is 0.136 e. The van der Waals surface area contributed by atoms with E-state index in [1.807, 2.05) is 12.1 Å². The first kappa shape index (κ1) is 32.8. The minimum absolute atomic E-state index is 0.898. The van der Waals surface area contributed by atoms with Crippen molar-refractivity contribution in [1.82, 2.24) is 4.57 Å². The van der Waals surface area contributed by atoms with E-state index in [4.69, 9.17) is 4.42 Å². The summed E-state index contributed by atoms with van der Waals surface area (Å²) in [5.74, 6) is 0. The van der Waals surface area contributed by atoms with E-state index in [0.29, 0.717) is 0 Å². The Hall–Kier alpha value is -7.62. The molecule has 0 saturated carbocycles. The normalized spacial score (nSPS) is 11.5. The standard InChI is InChI=1S/C54H36N2O/c1-4-14-37(15-5-1)40-18-12-21-44(34-40)55(43-29-26-38(27-30-43)41-28-32-48-47-22-10-11-25-52(47)57-53(48)35-41)45-31-33-49-51(36-45)56(42-19-8-3-9-20-42)50-24-13-23-46(54(49)50)39-16-6-2-7-17-39/h1-36H. The lowest BCUT2D eigenvalue weighted by molar-refractivity contribution is 0.669. The highest BCUT2D eigenvalue weighted by atomic mass is 16.3. The summed E-state index contributed by atoms with van der Waals surface area (Å²) in [5, 5.41) is 4.74. The number of para-hydroxylation sites is 2. The van der Waals surface area contributed by atoms with Crippen molar-refractivity contribution < 1.29 is 4.42 Å². The van der Waals surface area contributed by atoms with Crippen molar-refractivity contribution in [3.8, 4) is 39.1 Å². The first-order valence-electron chi connectivity index (χ1n) is 19.4. The van der Waals surface area contributed by atoms with Gasteiger partial charge in [-0.05, 0) is 106 Å². The molecule has 0 atom stereocenters. The summed E-state index contributed by atoms with van der Waals surface area (Å²) in [6, 6.07) is 78.2. The third-order valence-electron chi connectivity index (χ3n) is 11.2. The van der Waals surface area contributed by atoms with Crippen molar-refractivity contribution in [1.29, 1.82) is 0 Å². The monoisotopic (exact) mass is 728 g/mol. The van der Waals surface area contributed by atoms with E-state index in [-0.39, 0.29) is 0 Å². The number of anilines is 3. The molecule has 57 heavy (non-hydrogen) atoms. The maximum absolute atomic E-state index is 6.26. The quantitative estimate of drug-likeness (QED) is 0.163. The molecule has 11 aromatic rings. The molecule has 9 aromatic carbocycles. The zero-order valence-electron chi connectivity index (χ0n) is 31.1. The molecular weight excluding hydrogens is 693 g/mol. The Morgan fingerprint density at radius 3 is 1.72 bits per heavy atom. The van der Waals surface area contributed by atoms with Crippen LogP contribution in [0.5, 0.6) is 0 Å². The molecule has 0 radical (unpaired) electrons. The highest BCUT2D eigenvalue weighted by molar-refractivity contribution is 6.16. The molecule has 268 valence electrons. The first-order chi connectivity index (χ1) is 28.3. The molecular formula is C54H36N2O. The van der Waals surface area contributed by atoms with Crippen molar-refractivity contribution in [3.63, 3.8) is 0 Å². The molecule has 0 spiro atoms. The van der Waals surface area contributed by atoms with Crippen molar-refractivity contribution in [3.05, 3.63) is 218 Å². The van der Waals surface area contributed by atoms with Crippen LogP contribution in [0.4, 0.5) is 17.1 Å². The highest BCUT2D eigenvalue weighted by Gasteiger charge is 2.20. The second-order valence-corrected chi connectivity index (χ2v) is 14.5. The van der Waals surface area contributed by atoms with E-state index in [1.165, 1.54) is 38.5 Å². The predicted octanol–water partition coefficient (Wildman–Crippen LogP) is 15.2. The van der Waals surface area contributed by atoms with Crippen LogP contribution in [0.25, 0.3) is 82.8 Å². The Labute approximate surface area is 330 Å². The summed E-state index contributed by atoms with van der Waals surface area (Å²) >= 11 is 0. The van der Waals surface area contributed by atoms with E-state index in [1.54, 1.807) is 0 Å². The summed E-state index contributed by atoms with van der Waals surface area (Å²) in [5.41, 5.74) is 15.5. The molecule has 0 aliphatic carbocycles. The van der Waals surface area contributed by atoms with Gasteiger partial charge in [-0.1, -0.05) is 146 Å². The second-order valence-electron chi connectivity index (χ2n) is 14.5. The van der Waals surface area contributed by atoms with Gasteiger partial charge >= 0.3 is 0 Å². The molecule has 0 amide bonds. The average Bonchev–Trinajstić information content (AvgIpc) is 3.83. The third-order valence-corrected chi connectivity index (χ3v) is 11.2. The summed E-state index contributed by atoms with van der Waals surface area (Å²) in [7, 11) is 0. The molecule has 3 nitrogen and oxygen atoms in total. The number of furan rings is 1. The number of hydrogen-bond acceptors (Lipinski definition) is 2. The Balaban J connectivity index is 1.10. The molecule has 0 N–H and O–H groups in total. The molecule has 0 unspecified atom stereocenters. The highest BCUT2D eigenvalue weighted by Crippen LogP contribution is 2.43. The fourth-order valence-corrected chi connectivity index (χ4v) is 8.52. The number of aromatic nitrogens is 1. The third kappa shape index (κ3) is 5.68. The average molecular weight is 729 g/mol. The van der Waals surface area contributed by atoms with Crippen LogP contribution in [0, 0.1) is 0 Å². The number of hydrogen-bond donors (Lipinski definition) is 0. The van der Waals surface area contributed by atoms with E-state index in [2.05, 4.69) is 216 Å². The zero-order valence-corrected chi connectivity index (χ0v) is 31.1. The smallest absolute Gasteiger partial charge is 0.136 e. The number of nitrogens with zero attached hydrogens (tertiary/aromatic N) is 2. The number of rotatable bonds is 7. The van der Waals surface area contributed by atoms with Gasteiger partial charge in [-0.3, -0.25) is 0 Å². The molecule has 0 bridgehead atoms. The lowest BCUT2D eigenvalue weighted by Gasteiger charge is -2.26. The second kappa shape index (κ2) is 13.6. The molecule has 11 rings (SSSR count). The largest absolute Gasteiger partial charge is 0.456 e. The van der Waals surface area contributed by atoms with Crippen LogP contribution in [0.1, 0.15) is 0 Å². The van der Waals surface area contributed by atoms with E-state index in [9.17, 15) is 0 Å². The van der Waals surface area contributed by atoms with Crippen LogP contribution >= 0.6 is 0 Å². The van der Waals surface area contributed by atoms with E-state index >= 15 is 0 Å².